The van der Waals surface area contributed by atoms with Crippen LogP contribution in [0.4, 0.5) is 0 Å². The Morgan fingerprint density at radius 2 is 1.92 bits per heavy atom. The third-order valence-electron chi connectivity index (χ3n) is 4.10. The molecule has 0 bridgehead atoms. The van der Waals surface area contributed by atoms with Crippen LogP contribution in [-0.2, 0) is 21.4 Å². The molecule has 1 atom stereocenters. The topological polar surface area (TPSA) is 94.9 Å². The van der Waals surface area contributed by atoms with Gasteiger partial charge in [-0.1, -0.05) is 24.3 Å². The molecule has 6 nitrogen and oxygen atoms in total. The number of hydrogen-bond donors (Lipinski definition) is 2. The van der Waals surface area contributed by atoms with Gasteiger partial charge in [0.1, 0.15) is 22.2 Å². The van der Waals surface area contributed by atoms with Crippen LogP contribution in [-0.4, -0.2) is 28.7 Å². The van der Waals surface area contributed by atoms with Gasteiger partial charge in [0.05, 0.1) is 6.04 Å². The van der Waals surface area contributed by atoms with Crippen LogP contribution in [0.2, 0.25) is 0 Å². The number of phenolic OH excluding ortho intramolecular Hbond substituents is 2. The molecule has 0 saturated heterocycles. The number of nitrogens with zero attached hydrogens (tertiary/aromatic N) is 1. The summed E-state index contributed by atoms with van der Waals surface area (Å²) in [5, 5.41) is 19.3. The third-order valence-corrected chi connectivity index (χ3v) is 6.00. The summed E-state index contributed by atoms with van der Waals surface area (Å²) in [6.45, 7) is 1.56. The number of hydrogen-bond acceptors (Lipinski definition) is 5. The predicted octanol–water partition coefficient (Wildman–Crippen LogP) is 2.32. The van der Waals surface area contributed by atoms with Gasteiger partial charge in [0.2, 0.25) is 10.0 Å². The molecule has 0 spiro atoms. The minimum atomic E-state index is -4.03. The van der Waals surface area contributed by atoms with Crippen molar-refractivity contribution in [2.24, 2.45) is 0 Å². The highest BCUT2D eigenvalue weighted by molar-refractivity contribution is 7.89. The monoisotopic (exact) mass is 347 g/mol. The van der Waals surface area contributed by atoms with Gasteiger partial charge in [-0.05, 0) is 30.2 Å². The van der Waals surface area contributed by atoms with Crippen molar-refractivity contribution in [2.75, 3.05) is 0 Å². The van der Waals surface area contributed by atoms with E-state index in [0.29, 0.717) is 0 Å². The molecule has 2 aromatic rings. The van der Waals surface area contributed by atoms with Crippen LogP contribution in [0.1, 0.15) is 30.5 Å². The Kier molecular flexibility index (Phi) is 4.06. The summed E-state index contributed by atoms with van der Waals surface area (Å²) in [6.07, 6.45) is 0.0646. The van der Waals surface area contributed by atoms with Crippen LogP contribution in [0.25, 0.3) is 0 Å². The fourth-order valence-corrected chi connectivity index (χ4v) is 4.67. The fraction of sp³-hybridized carbons (Fsp3) is 0.235. The van der Waals surface area contributed by atoms with Crippen molar-refractivity contribution in [3.63, 3.8) is 0 Å². The summed E-state index contributed by atoms with van der Waals surface area (Å²) < 4.78 is 27.2. The summed E-state index contributed by atoms with van der Waals surface area (Å²) in [5.41, 5.74) is 1.64. The van der Waals surface area contributed by atoms with Gasteiger partial charge < -0.3 is 10.2 Å². The second-order valence-corrected chi connectivity index (χ2v) is 7.68. The molecule has 2 N–H and O–H groups in total. The van der Waals surface area contributed by atoms with E-state index in [1.165, 1.54) is 17.3 Å². The molecule has 1 unspecified atom stereocenters. The minimum absolute atomic E-state index is 0.0646. The zero-order valence-electron chi connectivity index (χ0n) is 13.0. The van der Waals surface area contributed by atoms with Gasteiger partial charge in [0, 0.05) is 19.0 Å². The molecule has 0 saturated carbocycles. The van der Waals surface area contributed by atoms with Crippen molar-refractivity contribution < 1.29 is 23.4 Å². The first-order valence-electron chi connectivity index (χ1n) is 7.42. The van der Waals surface area contributed by atoms with E-state index in [0.717, 1.165) is 23.3 Å². The summed E-state index contributed by atoms with van der Waals surface area (Å²) in [7, 11) is -4.03. The van der Waals surface area contributed by atoms with E-state index in [1.807, 2.05) is 18.2 Å². The molecule has 0 fully saturated rings. The summed E-state index contributed by atoms with van der Waals surface area (Å²) in [6, 6.07) is 10.0. The van der Waals surface area contributed by atoms with Crippen LogP contribution in [0, 0.1) is 0 Å². The summed E-state index contributed by atoms with van der Waals surface area (Å²) in [4.78, 5) is 11.3. The van der Waals surface area contributed by atoms with Gasteiger partial charge in [-0.15, -0.1) is 0 Å². The van der Waals surface area contributed by atoms with E-state index in [4.69, 9.17) is 0 Å². The van der Waals surface area contributed by atoms with E-state index < -0.39 is 21.8 Å². The number of carbonyl (C=O) groups is 1. The quantitative estimate of drug-likeness (QED) is 0.885. The first-order chi connectivity index (χ1) is 11.3. The number of fused-ring (bicyclic) bond motifs is 1. The first-order valence-corrected chi connectivity index (χ1v) is 8.86. The zero-order chi connectivity index (χ0) is 17.5. The molecule has 3 rings (SSSR count). The highest BCUT2D eigenvalue weighted by Gasteiger charge is 2.40. The molecule has 0 aliphatic carbocycles. The molecule has 126 valence electrons. The Morgan fingerprint density at radius 1 is 1.21 bits per heavy atom. The Bertz CT molecular complexity index is 907. The normalized spacial score (nSPS) is 17.6. The van der Waals surface area contributed by atoms with Gasteiger partial charge in [-0.2, -0.15) is 4.31 Å². The average Bonchev–Trinajstić information content (AvgIpc) is 2.86. The minimum Gasteiger partial charge on any atom is -0.508 e. The lowest BCUT2D eigenvalue weighted by atomic mass is 10.0. The lowest BCUT2D eigenvalue weighted by Crippen LogP contribution is -2.30. The SMILES string of the molecule is CC(=O)CC1c2ccccc2CN1S(=O)(=O)c1ccc(O)cc1O. The van der Waals surface area contributed by atoms with Crippen LogP contribution >= 0.6 is 0 Å². The second kappa shape index (κ2) is 5.92. The van der Waals surface area contributed by atoms with Crippen LogP contribution in [0.5, 0.6) is 11.5 Å². The molecular formula is C17H17NO5S. The third kappa shape index (κ3) is 2.76. The zero-order valence-corrected chi connectivity index (χ0v) is 13.8. The molecule has 0 radical (unpaired) electrons. The number of phenols is 2. The number of rotatable bonds is 4. The number of ketones is 1. The molecule has 0 aromatic heterocycles. The van der Waals surface area contributed by atoms with Crippen molar-refractivity contribution in [1.29, 1.82) is 0 Å². The van der Waals surface area contributed by atoms with Gasteiger partial charge in [0.15, 0.2) is 0 Å². The average molecular weight is 347 g/mol. The Balaban J connectivity index is 2.08. The molecule has 1 aliphatic heterocycles. The van der Waals surface area contributed by atoms with Gasteiger partial charge in [-0.25, -0.2) is 8.42 Å². The second-order valence-electron chi connectivity index (χ2n) is 5.82. The molecular weight excluding hydrogens is 330 g/mol. The lowest BCUT2D eigenvalue weighted by Gasteiger charge is -2.24. The highest BCUT2D eigenvalue weighted by atomic mass is 32.2. The molecule has 24 heavy (non-hydrogen) atoms. The van der Waals surface area contributed by atoms with Crippen LogP contribution < -0.4 is 0 Å². The molecule has 1 heterocycles. The smallest absolute Gasteiger partial charge is 0.247 e. The van der Waals surface area contributed by atoms with Gasteiger partial charge >= 0.3 is 0 Å². The molecule has 1 aliphatic rings. The molecule has 2 aromatic carbocycles. The number of Topliss-reactive ketones (excluding diaryl/α,β-unsaturated/α-hetero) is 1. The van der Waals surface area contributed by atoms with E-state index >= 15 is 0 Å². The highest BCUT2D eigenvalue weighted by Crippen LogP contribution is 2.41. The Hall–Kier alpha value is -2.38. The Labute approximate surface area is 140 Å². The van der Waals surface area contributed by atoms with Crippen molar-refractivity contribution in [1.82, 2.24) is 4.31 Å². The maximum absolute atomic E-state index is 13.0. The van der Waals surface area contributed by atoms with Crippen molar-refractivity contribution in [2.45, 2.75) is 30.8 Å². The van der Waals surface area contributed by atoms with E-state index in [1.54, 1.807) is 6.07 Å². The van der Waals surface area contributed by atoms with Crippen molar-refractivity contribution in [3.05, 3.63) is 53.6 Å². The van der Waals surface area contributed by atoms with E-state index in [2.05, 4.69) is 0 Å². The predicted molar refractivity (Wildman–Crippen MR) is 87.0 cm³/mol. The molecule has 7 heteroatoms. The van der Waals surface area contributed by atoms with Gasteiger partial charge in [-0.3, -0.25) is 4.79 Å². The maximum Gasteiger partial charge on any atom is 0.247 e. The van der Waals surface area contributed by atoms with Crippen molar-refractivity contribution >= 4 is 15.8 Å². The summed E-state index contributed by atoms with van der Waals surface area (Å²) in [5.74, 6) is -0.865. The Morgan fingerprint density at radius 3 is 2.58 bits per heavy atom. The fourth-order valence-electron chi connectivity index (χ4n) is 3.02. The molecule has 0 amide bonds. The van der Waals surface area contributed by atoms with Crippen molar-refractivity contribution in [3.8, 4) is 11.5 Å². The van der Waals surface area contributed by atoms with Crippen LogP contribution in [0.15, 0.2) is 47.4 Å². The largest absolute Gasteiger partial charge is 0.508 e. The number of benzene rings is 2. The number of aromatic hydroxyl groups is 2. The summed E-state index contributed by atoms with van der Waals surface area (Å²) >= 11 is 0. The standard InChI is InChI=1S/C17H17NO5S/c1-11(19)8-15-14-5-3-2-4-12(14)10-18(15)24(22,23)17-7-6-13(20)9-16(17)21/h2-7,9,15,20-21H,8,10H2,1H3. The van der Waals surface area contributed by atoms with E-state index in [-0.39, 0.29) is 29.4 Å². The van der Waals surface area contributed by atoms with E-state index in [9.17, 15) is 23.4 Å². The lowest BCUT2D eigenvalue weighted by molar-refractivity contribution is -0.117. The number of sulfonamides is 1. The number of carbonyl (C=O) groups excluding carboxylic acids is 1. The van der Waals surface area contributed by atoms with Crippen LogP contribution in [0.3, 0.4) is 0 Å². The van der Waals surface area contributed by atoms with Gasteiger partial charge in [0.25, 0.3) is 0 Å². The first kappa shape index (κ1) is 16.5. The maximum atomic E-state index is 13.0.